The molecule has 0 N–H and O–H groups in total. The van der Waals surface area contributed by atoms with Crippen molar-refractivity contribution in [1.29, 1.82) is 0 Å². The first-order valence-electron chi connectivity index (χ1n) is 8.00. The Morgan fingerprint density at radius 1 is 1.08 bits per heavy atom. The van der Waals surface area contributed by atoms with Crippen LogP contribution in [0.25, 0.3) is 0 Å². The zero-order valence-electron chi connectivity index (χ0n) is 13.6. The van der Waals surface area contributed by atoms with Gasteiger partial charge in [-0.05, 0) is 42.3 Å². The zero-order chi connectivity index (χ0) is 17.8. The predicted molar refractivity (Wildman–Crippen MR) is 99.0 cm³/mol. The fourth-order valence-corrected chi connectivity index (χ4v) is 5.61. The molecule has 2 aromatic rings. The molecule has 7 heteroatoms. The zero-order valence-corrected chi connectivity index (χ0v) is 16.0. The number of anilines is 1. The Bertz CT molecular complexity index is 959. The molecule has 1 amide bonds. The molecule has 0 aromatic heterocycles. The Kier molecular flexibility index (Phi) is 3.79. The number of carbonyl (C=O) groups is 1. The van der Waals surface area contributed by atoms with Gasteiger partial charge in [0.05, 0.1) is 10.3 Å². The van der Waals surface area contributed by atoms with Gasteiger partial charge in [0.2, 0.25) is 15.9 Å². The maximum absolute atomic E-state index is 13.0. The molecule has 0 radical (unpaired) electrons. The summed E-state index contributed by atoms with van der Waals surface area (Å²) in [6.45, 7) is 0.526. The summed E-state index contributed by atoms with van der Waals surface area (Å²) in [5.41, 5.74) is 1.03. The van der Waals surface area contributed by atoms with Crippen LogP contribution < -0.4 is 4.90 Å². The van der Waals surface area contributed by atoms with Crippen molar-refractivity contribution >= 4 is 37.5 Å². The monoisotopic (exact) mass is 420 g/mol. The molecule has 1 atom stereocenters. The van der Waals surface area contributed by atoms with Crippen LogP contribution in [0.4, 0.5) is 5.69 Å². The van der Waals surface area contributed by atoms with Crippen LogP contribution in [0.3, 0.4) is 0 Å². The van der Waals surface area contributed by atoms with E-state index in [-0.39, 0.29) is 17.3 Å². The number of carbonyl (C=O) groups excluding carboxylic acids is 1. The molecule has 1 fully saturated rings. The normalized spacial score (nSPS) is 23.4. The molecular formula is C18H17BrN2O3S. The van der Waals surface area contributed by atoms with Gasteiger partial charge in [0.15, 0.2) is 0 Å². The molecule has 1 unspecified atom stereocenters. The summed E-state index contributed by atoms with van der Waals surface area (Å²) in [4.78, 5) is 14.8. The van der Waals surface area contributed by atoms with Crippen LogP contribution in [-0.2, 0) is 20.2 Å². The minimum absolute atomic E-state index is 0.0257. The number of nitrogens with zero attached hydrogens (tertiary/aromatic N) is 2. The summed E-state index contributed by atoms with van der Waals surface area (Å²) >= 11 is 3.32. The van der Waals surface area contributed by atoms with Crippen molar-refractivity contribution in [3.05, 3.63) is 58.6 Å². The molecule has 0 aliphatic carbocycles. The Labute approximate surface area is 155 Å². The molecule has 2 aliphatic rings. The Morgan fingerprint density at radius 3 is 2.48 bits per heavy atom. The van der Waals surface area contributed by atoms with Gasteiger partial charge in [0, 0.05) is 30.3 Å². The first-order chi connectivity index (χ1) is 11.9. The second-order valence-corrected chi connectivity index (χ2v) is 9.36. The number of hydrogen-bond acceptors (Lipinski definition) is 3. The smallest absolute Gasteiger partial charge is 0.243 e. The van der Waals surface area contributed by atoms with Crippen molar-refractivity contribution in [2.24, 2.45) is 0 Å². The Morgan fingerprint density at radius 2 is 1.76 bits per heavy atom. The van der Waals surface area contributed by atoms with Gasteiger partial charge in [0.1, 0.15) is 0 Å². The highest BCUT2D eigenvalue weighted by Gasteiger charge is 2.55. The second kappa shape index (κ2) is 5.65. The van der Waals surface area contributed by atoms with Crippen LogP contribution in [0.15, 0.2) is 57.9 Å². The van der Waals surface area contributed by atoms with Crippen LogP contribution in [0.5, 0.6) is 0 Å². The molecular weight excluding hydrogens is 404 g/mol. The van der Waals surface area contributed by atoms with Gasteiger partial charge in [-0.15, -0.1) is 0 Å². The summed E-state index contributed by atoms with van der Waals surface area (Å²) in [5.74, 6) is -0.0257. The summed E-state index contributed by atoms with van der Waals surface area (Å²) in [6.07, 6.45) is 0.503. The Balaban J connectivity index is 1.72. The third-order valence-corrected chi connectivity index (χ3v) is 7.57. The SMILES string of the molecule is CN1C(=O)C2(CCN(S(=O)(=O)c3ccc(Br)cc3)C2)c2ccccc21. The average molecular weight is 421 g/mol. The van der Waals surface area contributed by atoms with E-state index in [0.717, 1.165) is 15.7 Å². The van der Waals surface area contributed by atoms with Crippen LogP contribution in [-0.4, -0.2) is 38.8 Å². The standard InChI is InChI=1S/C18H17BrN2O3S/c1-20-16-5-3-2-4-15(16)18(17(20)22)10-11-21(12-18)25(23,24)14-8-6-13(19)7-9-14/h2-9H,10-12H2,1H3. The largest absolute Gasteiger partial charge is 0.314 e. The average Bonchev–Trinajstić information content (AvgIpc) is 3.15. The maximum atomic E-state index is 13.0. The highest BCUT2D eigenvalue weighted by atomic mass is 79.9. The minimum atomic E-state index is -3.62. The molecule has 130 valence electrons. The van der Waals surface area contributed by atoms with E-state index < -0.39 is 15.4 Å². The van der Waals surface area contributed by atoms with Gasteiger partial charge in [-0.1, -0.05) is 34.1 Å². The number of fused-ring (bicyclic) bond motifs is 2. The van der Waals surface area contributed by atoms with E-state index in [1.165, 1.54) is 4.31 Å². The number of amides is 1. The fraction of sp³-hybridized carbons (Fsp3) is 0.278. The van der Waals surface area contributed by atoms with E-state index in [4.69, 9.17) is 0 Å². The van der Waals surface area contributed by atoms with E-state index in [1.807, 2.05) is 24.3 Å². The molecule has 2 heterocycles. The molecule has 0 bridgehead atoms. The second-order valence-electron chi connectivity index (χ2n) is 6.51. The van der Waals surface area contributed by atoms with Gasteiger partial charge in [-0.25, -0.2) is 8.42 Å². The molecule has 2 aliphatic heterocycles. The third-order valence-electron chi connectivity index (χ3n) is 5.18. The number of hydrogen-bond donors (Lipinski definition) is 0. The number of likely N-dealkylation sites (N-methyl/N-ethyl adjacent to an activating group) is 1. The van der Waals surface area contributed by atoms with Crippen molar-refractivity contribution in [2.75, 3.05) is 25.0 Å². The highest BCUT2D eigenvalue weighted by Crippen LogP contribution is 2.47. The van der Waals surface area contributed by atoms with E-state index in [2.05, 4.69) is 15.9 Å². The number of benzene rings is 2. The summed E-state index contributed by atoms with van der Waals surface area (Å²) in [5, 5.41) is 0. The lowest BCUT2D eigenvalue weighted by molar-refractivity contribution is -0.122. The van der Waals surface area contributed by atoms with Crippen molar-refractivity contribution in [2.45, 2.75) is 16.7 Å². The molecule has 4 rings (SSSR count). The summed E-state index contributed by atoms with van der Waals surface area (Å²) < 4.78 is 28.2. The van der Waals surface area contributed by atoms with Crippen LogP contribution in [0.2, 0.25) is 0 Å². The lowest BCUT2D eigenvalue weighted by atomic mass is 9.81. The first-order valence-corrected chi connectivity index (χ1v) is 10.2. The van der Waals surface area contributed by atoms with E-state index in [1.54, 1.807) is 36.2 Å². The Hall–Kier alpha value is -1.70. The molecule has 1 spiro atoms. The van der Waals surface area contributed by atoms with Crippen molar-refractivity contribution in [3.8, 4) is 0 Å². The first kappa shape index (κ1) is 16.8. The van der Waals surface area contributed by atoms with Crippen LogP contribution in [0.1, 0.15) is 12.0 Å². The molecule has 5 nitrogen and oxygen atoms in total. The molecule has 2 aromatic carbocycles. The van der Waals surface area contributed by atoms with Gasteiger partial charge in [-0.3, -0.25) is 4.79 Å². The third kappa shape index (κ3) is 2.37. The minimum Gasteiger partial charge on any atom is -0.314 e. The van der Waals surface area contributed by atoms with E-state index in [0.29, 0.717) is 13.0 Å². The van der Waals surface area contributed by atoms with Crippen molar-refractivity contribution < 1.29 is 13.2 Å². The van der Waals surface area contributed by atoms with E-state index in [9.17, 15) is 13.2 Å². The summed E-state index contributed by atoms with van der Waals surface area (Å²) in [6, 6.07) is 14.2. The number of halogens is 1. The number of para-hydroxylation sites is 1. The van der Waals surface area contributed by atoms with Gasteiger partial charge in [0.25, 0.3) is 0 Å². The van der Waals surface area contributed by atoms with Crippen LogP contribution >= 0.6 is 15.9 Å². The highest BCUT2D eigenvalue weighted by molar-refractivity contribution is 9.10. The predicted octanol–water partition coefficient (Wildman–Crippen LogP) is 2.76. The lowest BCUT2D eigenvalue weighted by Crippen LogP contribution is -2.42. The van der Waals surface area contributed by atoms with Crippen LogP contribution in [0, 0.1) is 0 Å². The van der Waals surface area contributed by atoms with E-state index >= 15 is 0 Å². The molecule has 0 saturated carbocycles. The molecule has 1 saturated heterocycles. The summed E-state index contributed by atoms with van der Waals surface area (Å²) in [7, 11) is -1.87. The van der Waals surface area contributed by atoms with Crippen molar-refractivity contribution in [3.63, 3.8) is 0 Å². The lowest BCUT2D eigenvalue weighted by Gasteiger charge is -2.23. The number of rotatable bonds is 2. The quantitative estimate of drug-likeness (QED) is 0.750. The van der Waals surface area contributed by atoms with Gasteiger partial charge >= 0.3 is 0 Å². The topological polar surface area (TPSA) is 57.7 Å². The number of sulfonamides is 1. The molecule has 25 heavy (non-hydrogen) atoms. The maximum Gasteiger partial charge on any atom is 0.243 e. The van der Waals surface area contributed by atoms with Gasteiger partial charge < -0.3 is 4.90 Å². The van der Waals surface area contributed by atoms with Gasteiger partial charge in [-0.2, -0.15) is 4.31 Å². The fourth-order valence-electron chi connectivity index (χ4n) is 3.85. The van der Waals surface area contributed by atoms with Crippen molar-refractivity contribution in [1.82, 2.24) is 4.31 Å².